The van der Waals surface area contributed by atoms with E-state index in [4.69, 9.17) is 14.2 Å². The molecule has 6 nitrogen and oxygen atoms in total. The largest absolute Gasteiger partial charge is 0.380 e. The Balaban J connectivity index is 1.62. The van der Waals surface area contributed by atoms with Crippen LogP contribution in [0.2, 0.25) is 0 Å². The van der Waals surface area contributed by atoms with E-state index >= 15 is 0 Å². The van der Waals surface area contributed by atoms with Gasteiger partial charge in [-0.15, -0.1) is 0 Å². The number of hydrogen-bond donors (Lipinski definition) is 1. The van der Waals surface area contributed by atoms with Crippen molar-refractivity contribution in [3.05, 3.63) is 0 Å². The predicted octanol–water partition coefficient (Wildman–Crippen LogP) is 4.57. The van der Waals surface area contributed by atoms with Gasteiger partial charge in [0.2, 0.25) is 0 Å². The first kappa shape index (κ1) is 30.0. The maximum Gasteiger partial charge on any atom is 0.0805 e. The summed E-state index contributed by atoms with van der Waals surface area (Å²) in [6.45, 7) is 31.0. The first-order valence-electron chi connectivity index (χ1n) is 13.7. The Hall–Kier alpha value is -0.240. The Bertz CT molecular complexity index is 581. The minimum atomic E-state index is -0.246. The molecule has 0 aromatic carbocycles. The first-order valence-corrected chi connectivity index (χ1v) is 13.7. The Morgan fingerprint density at radius 2 is 1.38 bits per heavy atom. The average Bonchev–Trinajstić information content (AvgIpc) is 2.67. The van der Waals surface area contributed by atoms with Gasteiger partial charge in [0, 0.05) is 56.5 Å². The summed E-state index contributed by atoms with van der Waals surface area (Å²) in [5, 5.41) is 3.65. The molecule has 34 heavy (non-hydrogen) atoms. The molecular formula is C28H57N3O3. The van der Waals surface area contributed by atoms with Crippen molar-refractivity contribution in [2.24, 2.45) is 5.41 Å². The third-order valence-electron chi connectivity index (χ3n) is 7.82. The molecule has 6 heteroatoms. The van der Waals surface area contributed by atoms with E-state index in [1.165, 1.54) is 0 Å². The van der Waals surface area contributed by atoms with Gasteiger partial charge < -0.3 is 19.5 Å². The highest BCUT2D eigenvalue weighted by atomic mass is 16.5. The lowest BCUT2D eigenvalue weighted by Crippen LogP contribution is -2.63. The summed E-state index contributed by atoms with van der Waals surface area (Å²) in [6.07, 6.45) is 3.71. The fourth-order valence-corrected chi connectivity index (χ4v) is 4.71. The van der Waals surface area contributed by atoms with Crippen LogP contribution in [-0.4, -0.2) is 97.8 Å². The Kier molecular flexibility index (Phi) is 10.9. The molecule has 0 aromatic rings. The Morgan fingerprint density at radius 1 is 0.765 bits per heavy atom. The zero-order valence-electron chi connectivity index (χ0n) is 24.3. The van der Waals surface area contributed by atoms with E-state index in [1.807, 2.05) is 0 Å². The van der Waals surface area contributed by atoms with Gasteiger partial charge in [0.05, 0.1) is 31.5 Å². The minimum absolute atomic E-state index is 0.0412. The summed E-state index contributed by atoms with van der Waals surface area (Å²) in [5.41, 5.74) is 0.243. The molecule has 0 unspecified atom stereocenters. The van der Waals surface area contributed by atoms with Gasteiger partial charge in [-0.2, -0.15) is 0 Å². The molecule has 1 saturated carbocycles. The van der Waals surface area contributed by atoms with Gasteiger partial charge in [0.1, 0.15) is 0 Å². The van der Waals surface area contributed by atoms with Gasteiger partial charge in [-0.1, -0.05) is 20.8 Å². The van der Waals surface area contributed by atoms with E-state index in [2.05, 4.69) is 84.4 Å². The second kappa shape index (κ2) is 12.3. The van der Waals surface area contributed by atoms with Crippen LogP contribution in [-0.2, 0) is 14.2 Å². The van der Waals surface area contributed by atoms with Crippen LogP contribution >= 0.6 is 0 Å². The van der Waals surface area contributed by atoms with Crippen LogP contribution < -0.4 is 5.32 Å². The number of nitrogens with zero attached hydrogens (tertiary/aromatic N) is 2. The molecule has 0 amide bonds. The molecule has 2 rings (SSSR count). The molecule has 1 saturated heterocycles. The molecule has 0 spiro atoms. The van der Waals surface area contributed by atoms with Crippen LogP contribution in [0, 0.1) is 5.41 Å². The topological polar surface area (TPSA) is 46.2 Å². The maximum atomic E-state index is 6.40. The fourth-order valence-electron chi connectivity index (χ4n) is 4.71. The molecule has 1 aliphatic heterocycles. The van der Waals surface area contributed by atoms with Crippen molar-refractivity contribution < 1.29 is 14.2 Å². The van der Waals surface area contributed by atoms with Gasteiger partial charge >= 0.3 is 0 Å². The number of rotatable bonds is 13. The number of hydrogen-bond acceptors (Lipinski definition) is 6. The van der Waals surface area contributed by atoms with Gasteiger partial charge in [0.25, 0.3) is 0 Å². The molecular weight excluding hydrogens is 426 g/mol. The van der Waals surface area contributed by atoms with Crippen LogP contribution in [0.1, 0.15) is 88.5 Å². The normalized spacial score (nSPS) is 23.8. The molecule has 1 aliphatic carbocycles. The van der Waals surface area contributed by atoms with Crippen LogP contribution in [0.4, 0.5) is 0 Å². The van der Waals surface area contributed by atoms with Crippen molar-refractivity contribution in [2.45, 2.75) is 117 Å². The SMILES string of the molecule is CC(C)(C)CCOCCN1CCN(C(C)(C)C(C)(C)OCCO[C@H]2C[C@@H](NC(C)(C)C)C2)CC1. The number of piperazine rings is 1. The maximum absolute atomic E-state index is 6.40. The summed E-state index contributed by atoms with van der Waals surface area (Å²) in [5.74, 6) is 0. The van der Waals surface area contributed by atoms with Gasteiger partial charge in [-0.3, -0.25) is 9.80 Å². The van der Waals surface area contributed by atoms with E-state index in [1.54, 1.807) is 0 Å². The Labute approximate surface area is 211 Å². The van der Waals surface area contributed by atoms with Crippen molar-refractivity contribution in [1.29, 1.82) is 0 Å². The lowest BCUT2D eigenvalue weighted by Gasteiger charge is -2.51. The van der Waals surface area contributed by atoms with E-state index < -0.39 is 0 Å². The lowest BCUT2D eigenvalue weighted by molar-refractivity contribution is -0.144. The standard InChI is InChI=1S/C28H57N3O3/c1-25(2,3)11-17-32-18-16-30-12-14-31(15-13-30)27(7,8)28(9,10)34-20-19-33-24-21-23(22-24)29-26(4,5)6/h23-24,29H,11-22H2,1-10H3/t23-,24+. The highest BCUT2D eigenvalue weighted by molar-refractivity contribution is 4.98. The lowest BCUT2D eigenvalue weighted by atomic mass is 9.83. The van der Waals surface area contributed by atoms with Crippen LogP contribution in [0.3, 0.4) is 0 Å². The zero-order chi connectivity index (χ0) is 25.6. The summed E-state index contributed by atoms with van der Waals surface area (Å²) in [6, 6.07) is 0.593. The third-order valence-corrected chi connectivity index (χ3v) is 7.82. The molecule has 2 aliphatic rings. The third kappa shape index (κ3) is 10.0. The predicted molar refractivity (Wildman–Crippen MR) is 143 cm³/mol. The number of ether oxygens (including phenoxy) is 3. The van der Waals surface area contributed by atoms with Crippen molar-refractivity contribution in [1.82, 2.24) is 15.1 Å². The molecule has 202 valence electrons. The summed E-state index contributed by atoms with van der Waals surface area (Å²) in [7, 11) is 0. The molecule has 1 N–H and O–H groups in total. The minimum Gasteiger partial charge on any atom is -0.380 e. The smallest absolute Gasteiger partial charge is 0.0805 e. The van der Waals surface area contributed by atoms with Crippen molar-refractivity contribution in [3.63, 3.8) is 0 Å². The molecule has 0 aromatic heterocycles. The second-order valence-electron chi connectivity index (χ2n) is 13.7. The average molecular weight is 484 g/mol. The van der Waals surface area contributed by atoms with Crippen LogP contribution in [0.25, 0.3) is 0 Å². The molecule has 0 bridgehead atoms. The van der Waals surface area contributed by atoms with Crippen LogP contribution in [0.5, 0.6) is 0 Å². The summed E-state index contributed by atoms with van der Waals surface area (Å²) in [4.78, 5) is 5.13. The van der Waals surface area contributed by atoms with E-state index in [9.17, 15) is 0 Å². The van der Waals surface area contributed by atoms with Gasteiger partial charge in [-0.25, -0.2) is 0 Å². The fraction of sp³-hybridized carbons (Fsp3) is 1.00. The van der Waals surface area contributed by atoms with Crippen molar-refractivity contribution >= 4 is 0 Å². The second-order valence-corrected chi connectivity index (χ2v) is 13.7. The Morgan fingerprint density at radius 3 is 1.94 bits per heavy atom. The van der Waals surface area contributed by atoms with Gasteiger partial charge in [0.15, 0.2) is 0 Å². The molecule has 0 radical (unpaired) electrons. The summed E-state index contributed by atoms with van der Waals surface area (Å²) >= 11 is 0. The zero-order valence-corrected chi connectivity index (χ0v) is 24.3. The quantitative estimate of drug-likeness (QED) is 0.387. The highest BCUT2D eigenvalue weighted by Crippen LogP contribution is 2.32. The van der Waals surface area contributed by atoms with Crippen LogP contribution in [0.15, 0.2) is 0 Å². The molecule has 2 fully saturated rings. The van der Waals surface area contributed by atoms with E-state index in [0.29, 0.717) is 30.8 Å². The first-order chi connectivity index (χ1) is 15.6. The van der Waals surface area contributed by atoms with E-state index in [-0.39, 0.29) is 16.7 Å². The summed E-state index contributed by atoms with van der Waals surface area (Å²) < 4.78 is 18.4. The van der Waals surface area contributed by atoms with Gasteiger partial charge in [-0.05, 0) is 73.1 Å². The van der Waals surface area contributed by atoms with Crippen molar-refractivity contribution in [2.75, 3.05) is 59.2 Å². The van der Waals surface area contributed by atoms with Crippen molar-refractivity contribution in [3.8, 4) is 0 Å². The highest BCUT2D eigenvalue weighted by Gasteiger charge is 2.43. The van der Waals surface area contributed by atoms with E-state index in [0.717, 1.165) is 65.2 Å². The molecule has 1 heterocycles. The number of nitrogens with one attached hydrogen (secondary N) is 1. The monoisotopic (exact) mass is 483 g/mol. The molecule has 0 atom stereocenters.